The number of benzene rings is 1. The van der Waals surface area contributed by atoms with Crippen LogP contribution < -0.4 is 32.7 Å². The van der Waals surface area contributed by atoms with Crippen LogP contribution in [-0.4, -0.2) is 89.2 Å². The third kappa shape index (κ3) is 9.69. The van der Waals surface area contributed by atoms with Gasteiger partial charge in [0.2, 0.25) is 29.5 Å². The number of aromatic nitrogens is 1. The van der Waals surface area contributed by atoms with Gasteiger partial charge in [0, 0.05) is 50.1 Å². The number of H-pyrrole nitrogens is 1. The van der Waals surface area contributed by atoms with Crippen molar-refractivity contribution in [3.8, 4) is 0 Å². The van der Waals surface area contributed by atoms with Gasteiger partial charge in [-0.1, -0.05) is 38.5 Å². The van der Waals surface area contributed by atoms with E-state index in [9.17, 15) is 24.0 Å². The van der Waals surface area contributed by atoms with Crippen LogP contribution in [0.3, 0.4) is 0 Å². The van der Waals surface area contributed by atoms with Crippen LogP contribution in [0.4, 0.5) is 0 Å². The minimum Gasteiger partial charge on any atom is -0.370 e. The molecule has 14 heteroatoms. The van der Waals surface area contributed by atoms with E-state index in [4.69, 9.17) is 11.5 Å². The number of aromatic amines is 1. The highest BCUT2D eigenvalue weighted by molar-refractivity contribution is 5.96. The van der Waals surface area contributed by atoms with Crippen LogP contribution in [0.1, 0.15) is 65.4 Å². The molecule has 0 spiro atoms. The summed E-state index contributed by atoms with van der Waals surface area (Å²) in [5.41, 5.74) is 12.7. The molecule has 252 valence electrons. The minimum atomic E-state index is -0.998. The SMILES string of the molecule is CCNC(=O)[C@@H]1CCCN1C(=O)[C@H](CCCN=C(N)N)NC(=O)[C@@H](NC(=O)[C@@H](Cc1c[nH]c2ccccc12)NC(C)=O)[C@@H](C)CC. The Labute approximate surface area is 269 Å². The highest BCUT2D eigenvalue weighted by Crippen LogP contribution is 2.21. The predicted molar refractivity (Wildman–Crippen MR) is 176 cm³/mol. The molecule has 1 fully saturated rings. The fourth-order valence-corrected chi connectivity index (χ4v) is 5.75. The normalized spacial score (nSPS) is 17.0. The molecule has 5 atom stereocenters. The lowest BCUT2D eigenvalue weighted by molar-refractivity contribution is -0.142. The number of guanidine groups is 1. The molecule has 0 radical (unpaired) electrons. The number of likely N-dealkylation sites (tertiary alicyclic amines) is 1. The van der Waals surface area contributed by atoms with Crippen LogP contribution in [0.15, 0.2) is 35.5 Å². The van der Waals surface area contributed by atoms with Gasteiger partial charge in [0.15, 0.2) is 5.96 Å². The average Bonchev–Trinajstić information content (AvgIpc) is 3.68. The van der Waals surface area contributed by atoms with E-state index in [1.807, 2.05) is 45.0 Å². The van der Waals surface area contributed by atoms with Gasteiger partial charge in [0.25, 0.3) is 0 Å². The van der Waals surface area contributed by atoms with Gasteiger partial charge in [-0.3, -0.25) is 29.0 Å². The van der Waals surface area contributed by atoms with Crippen LogP contribution in [0.25, 0.3) is 10.9 Å². The maximum absolute atomic E-state index is 13.9. The number of amides is 5. The predicted octanol–water partition coefficient (Wildman–Crippen LogP) is 0.412. The second kappa shape index (κ2) is 17.2. The zero-order valence-electron chi connectivity index (χ0n) is 27.2. The first-order chi connectivity index (χ1) is 22.0. The van der Waals surface area contributed by atoms with Gasteiger partial charge in [0.1, 0.15) is 24.2 Å². The molecule has 1 aromatic carbocycles. The minimum absolute atomic E-state index is 0.0799. The van der Waals surface area contributed by atoms with Crippen LogP contribution in [0, 0.1) is 5.92 Å². The molecule has 0 saturated carbocycles. The summed E-state index contributed by atoms with van der Waals surface area (Å²) in [7, 11) is 0. The fourth-order valence-electron chi connectivity index (χ4n) is 5.75. The Morgan fingerprint density at radius 1 is 1.04 bits per heavy atom. The van der Waals surface area contributed by atoms with E-state index in [-0.39, 0.29) is 49.0 Å². The second-order valence-electron chi connectivity index (χ2n) is 11.8. The number of carbonyl (C=O) groups is 5. The average molecular weight is 640 g/mol. The molecule has 3 rings (SSSR count). The Balaban J connectivity index is 1.82. The summed E-state index contributed by atoms with van der Waals surface area (Å²) in [6.45, 7) is 7.95. The maximum Gasteiger partial charge on any atom is 0.245 e. The molecule has 0 unspecified atom stereocenters. The number of aliphatic imine (C=N–C) groups is 1. The topological polar surface area (TPSA) is 217 Å². The third-order valence-electron chi connectivity index (χ3n) is 8.34. The Hall–Kier alpha value is -4.62. The number of hydrogen-bond acceptors (Lipinski definition) is 6. The van der Waals surface area contributed by atoms with E-state index in [0.717, 1.165) is 16.5 Å². The molecule has 14 nitrogen and oxygen atoms in total. The first-order valence-corrected chi connectivity index (χ1v) is 16.0. The molecule has 1 aromatic heterocycles. The summed E-state index contributed by atoms with van der Waals surface area (Å²) >= 11 is 0. The van der Waals surface area contributed by atoms with Crippen molar-refractivity contribution in [3.05, 3.63) is 36.0 Å². The van der Waals surface area contributed by atoms with Crippen LogP contribution >= 0.6 is 0 Å². The van der Waals surface area contributed by atoms with Crippen molar-refractivity contribution < 1.29 is 24.0 Å². The molecular weight excluding hydrogens is 590 g/mol. The quantitative estimate of drug-likeness (QED) is 0.0779. The van der Waals surface area contributed by atoms with Gasteiger partial charge in [-0.05, 0) is 50.2 Å². The Kier molecular flexibility index (Phi) is 13.4. The molecule has 2 heterocycles. The van der Waals surface area contributed by atoms with E-state index in [1.165, 1.54) is 11.8 Å². The summed E-state index contributed by atoms with van der Waals surface area (Å²) in [5.74, 6) is -2.44. The molecule has 2 aromatic rings. The van der Waals surface area contributed by atoms with E-state index in [2.05, 4.69) is 31.2 Å². The molecule has 1 aliphatic heterocycles. The first-order valence-electron chi connectivity index (χ1n) is 16.0. The summed E-state index contributed by atoms with van der Waals surface area (Å²) < 4.78 is 0. The number of fused-ring (bicyclic) bond motifs is 1. The standard InChI is InChI=1S/C32H49N9O5/c1-5-19(3)27(40-28(43)25(38-20(4)42)17-21-18-37-23-12-8-7-11-22(21)23)30(45)39-24(13-9-15-36-32(33)34)31(46)41-16-10-14-26(41)29(44)35-6-2/h7-8,11-12,18-19,24-27,37H,5-6,9-10,13-17H2,1-4H3,(H,35,44)(H,38,42)(H,39,45)(H,40,43)(H4,33,34,36)/t19-,24-,25+,26-,27-/m0/s1. The number of hydrogen-bond donors (Lipinski definition) is 7. The highest BCUT2D eigenvalue weighted by Gasteiger charge is 2.39. The van der Waals surface area contributed by atoms with Gasteiger partial charge in [-0.25, -0.2) is 0 Å². The lowest BCUT2D eigenvalue weighted by Crippen LogP contribution is -2.59. The monoisotopic (exact) mass is 639 g/mol. The largest absolute Gasteiger partial charge is 0.370 e. The third-order valence-corrected chi connectivity index (χ3v) is 8.34. The zero-order chi connectivity index (χ0) is 33.8. The Morgan fingerprint density at radius 2 is 1.78 bits per heavy atom. The fraction of sp³-hybridized carbons (Fsp3) is 0.562. The van der Waals surface area contributed by atoms with Gasteiger partial charge in [-0.15, -0.1) is 0 Å². The maximum atomic E-state index is 13.9. The number of nitrogens with one attached hydrogen (secondary N) is 5. The van der Waals surface area contributed by atoms with Crippen LogP contribution in [0.5, 0.6) is 0 Å². The van der Waals surface area contributed by atoms with Gasteiger partial charge >= 0.3 is 0 Å². The number of likely N-dealkylation sites (N-methyl/N-ethyl adjacent to an activating group) is 1. The summed E-state index contributed by atoms with van der Waals surface area (Å²) in [5, 5.41) is 12.1. The highest BCUT2D eigenvalue weighted by atomic mass is 16.2. The Bertz CT molecular complexity index is 1400. The smallest absolute Gasteiger partial charge is 0.245 e. The van der Waals surface area contributed by atoms with Crippen molar-refractivity contribution in [3.63, 3.8) is 0 Å². The molecule has 5 amide bonds. The van der Waals surface area contributed by atoms with Crippen molar-refractivity contribution in [1.82, 2.24) is 31.2 Å². The lowest BCUT2D eigenvalue weighted by Gasteiger charge is -2.31. The van der Waals surface area contributed by atoms with Crippen molar-refractivity contribution in [2.45, 2.75) is 90.4 Å². The second-order valence-corrected chi connectivity index (χ2v) is 11.8. The van der Waals surface area contributed by atoms with Crippen molar-refractivity contribution >= 4 is 46.4 Å². The van der Waals surface area contributed by atoms with Crippen molar-refractivity contribution in [1.29, 1.82) is 0 Å². The molecular formula is C32H49N9O5. The van der Waals surface area contributed by atoms with Crippen LogP contribution in [-0.2, 0) is 30.4 Å². The zero-order valence-corrected chi connectivity index (χ0v) is 27.2. The molecule has 1 aliphatic rings. The number of nitrogens with zero attached hydrogens (tertiary/aromatic N) is 2. The molecule has 0 bridgehead atoms. The summed E-state index contributed by atoms with van der Waals surface area (Å²) in [4.78, 5) is 74.9. The summed E-state index contributed by atoms with van der Waals surface area (Å²) in [6, 6.07) is 4.10. The van der Waals surface area contributed by atoms with Crippen LogP contribution in [0.2, 0.25) is 0 Å². The Morgan fingerprint density at radius 3 is 2.46 bits per heavy atom. The molecule has 9 N–H and O–H groups in total. The first kappa shape index (κ1) is 35.9. The van der Waals surface area contributed by atoms with Gasteiger partial charge in [0.05, 0.1) is 0 Å². The molecule has 1 saturated heterocycles. The van der Waals surface area contributed by atoms with Crippen molar-refractivity contribution in [2.75, 3.05) is 19.6 Å². The number of carbonyl (C=O) groups excluding carboxylic acids is 5. The van der Waals surface area contributed by atoms with E-state index in [0.29, 0.717) is 38.8 Å². The van der Waals surface area contributed by atoms with E-state index in [1.54, 1.807) is 6.20 Å². The number of nitrogens with two attached hydrogens (primary N) is 2. The van der Waals surface area contributed by atoms with E-state index >= 15 is 0 Å². The number of para-hydroxylation sites is 1. The van der Waals surface area contributed by atoms with Gasteiger partial charge < -0.3 is 42.6 Å². The van der Waals surface area contributed by atoms with Gasteiger partial charge in [-0.2, -0.15) is 0 Å². The summed E-state index contributed by atoms with van der Waals surface area (Å²) in [6.07, 6.45) is 4.36. The van der Waals surface area contributed by atoms with E-state index < -0.39 is 36.0 Å². The lowest BCUT2D eigenvalue weighted by atomic mass is 9.96. The number of rotatable bonds is 16. The molecule has 46 heavy (non-hydrogen) atoms. The van der Waals surface area contributed by atoms with Crippen molar-refractivity contribution in [2.24, 2.45) is 22.4 Å². The molecule has 0 aliphatic carbocycles.